The fourth-order valence-electron chi connectivity index (χ4n) is 1.77. The Morgan fingerprint density at radius 1 is 1.00 bits per heavy atom. The van der Waals surface area contributed by atoms with Gasteiger partial charge in [-0.2, -0.15) is 0 Å². The molecule has 0 aliphatic heterocycles. The van der Waals surface area contributed by atoms with E-state index in [1.54, 1.807) is 7.11 Å². The molecular formula is C15H16O3. The Labute approximate surface area is 107 Å². The second kappa shape index (κ2) is 6.07. The van der Waals surface area contributed by atoms with Gasteiger partial charge in [0.1, 0.15) is 6.61 Å². The standard InChI is InChI=1S/C15H16O3/c1-17-15-13(10-16)8-5-9-14(15)18-11-12-6-3-2-4-7-12/h2-9,16H,10-11H2,1H3. The monoisotopic (exact) mass is 244 g/mol. The third kappa shape index (κ3) is 2.81. The van der Waals surface area contributed by atoms with Crippen molar-refractivity contribution in [2.45, 2.75) is 13.2 Å². The van der Waals surface area contributed by atoms with Crippen molar-refractivity contribution in [1.29, 1.82) is 0 Å². The zero-order valence-electron chi connectivity index (χ0n) is 10.3. The van der Waals surface area contributed by atoms with Gasteiger partial charge in [-0.15, -0.1) is 0 Å². The van der Waals surface area contributed by atoms with Crippen LogP contribution in [-0.2, 0) is 13.2 Å². The van der Waals surface area contributed by atoms with E-state index in [2.05, 4.69) is 0 Å². The lowest BCUT2D eigenvalue weighted by Gasteiger charge is -2.13. The molecule has 3 nitrogen and oxygen atoms in total. The molecule has 1 N–H and O–H groups in total. The molecule has 2 aromatic carbocycles. The number of aliphatic hydroxyl groups is 1. The minimum atomic E-state index is -0.0638. The molecular weight excluding hydrogens is 228 g/mol. The van der Waals surface area contributed by atoms with E-state index in [9.17, 15) is 5.11 Å². The molecule has 0 atom stereocenters. The summed E-state index contributed by atoms with van der Waals surface area (Å²) in [6.45, 7) is 0.414. The highest BCUT2D eigenvalue weighted by Crippen LogP contribution is 2.31. The summed E-state index contributed by atoms with van der Waals surface area (Å²) in [6, 6.07) is 15.4. The predicted octanol–water partition coefficient (Wildman–Crippen LogP) is 2.77. The minimum absolute atomic E-state index is 0.0638. The zero-order valence-corrected chi connectivity index (χ0v) is 10.3. The molecule has 0 saturated heterocycles. The molecule has 0 spiro atoms. The van der Waals surface area contributed by atoms with E-state index in [1.807, 2.05) is 48.5 Å². The SMILES string of the molecule is COc1c(CO)cccc1OCc1ccccc1. The maximum absolute atomic E-state index is 9.22. The van der Waals surface area contributed by atoms with Crippen LogP contribution in [0.4, 0.5) is 0 Å². The normalized spacial score (nSPS) is 10.1. The number of hydrogen-bond donors (Lipinski definition) is 1. The van der Waals surface area contributed by atoms with Crippen LogP contribution >= 0.6 is 0 Å². The number of ether oxygens (including phenoxy) is 2. The van der Waals surface area contributed by atoms with Crippen molar-refractivity contribution in [1.82, 2.24) is 0 Å². The van der Waals surface area contributed by atoms with E-state index in [0.717, 1.165) is 11.1 Å². The average molecular weight is 244 g/mol. The van der Waals surface area contributed by atoms with Gasteiger partial charge in [-0.1, -0.05) is 42.5 Å². The van der Waals surface area contributed by atoms with Gasteiger partial charge in [0.15, 0.2) is 11.5 Å². The average Bonchev–Trinajstić information content (AvgIpc) is 2.45. The Bertz CT molecular complexity index is 494. The van der Waals surface area contributed by atoms with Gasteiger partial charge in [0.05, 0.1) is 13.7 Å². The predicted molar refractivity (Wildman–Crippen MR) is 69.7 cm³/mol. The molecule has 0 aromatic heterocycles. The van der Waals surface area contributed by atoms with Crippen LogP contribution in [0.25, 0.3) is 0 Å². The zero-order chi connectivity index (χ0) is 12.8. The van der Waals surface area contributed by atoms with E-state index in [0.29, 0.717) is 18.1 Å². The molecule has 0 fully saturated rings. The van der Waals surface area contributed by atoms with E-state index in [-0.39, 0.29) is 6.61 Å². The maximum Gasteiger partial charge on any atom is 0.166 e. The molecule has 18 heavy (non-hydrogen) atoms. The van der Waals surface area contributed by atoms with Crippen LogP contribution < -0.4 is 9.47 Å². The minimum Gasteiger partial charge on any atom is -0.492 e. The van der Waals surface area contributed by atoms with Crippen molar-refractivity contribution in [3.8, 4) is 11.5 Å². The van der Waals surface area contributed by atoms with Crippen molar-refractivity contribution in [3.05, 3.63) is 59.7 Å². The van der Waals surface area contributed by atoms with Gasteiger partial charge < -0.3 is 14.6 Å². The smallest absolute Gasteiger partial charge is 0.166 e. The fourth-order valence-corrected chi connectivity index (χ4v) is 1.77. The van der Waals surface area contributed by atoms with Gasteiger partial charge in [-0.05, 0) is 11.6 Å². The number of rotatable bonds is 5. The highest BCUT2D eigenvalue weighted by Gasteiger charge is 2.09. The molecule has 3 heteroatoms. The summed E-state index contributed by atoms with van der Waals surface area (Å²) in [5.74, 6) is 1.24. The molecule has 0 radical (unpaired) electrons. The van der Waals surface area contributed by atoms with Gasteiger partial charge in [0.25, 0.3) is 0 Å². The molecule has 2 rings (SSSR count). The first-order valence-corrected chi connectivity index (χ1v) is 5.78. The number of methoxy groups -OCH3 is 1. The topological polar surface area (TPSA) is 38.7 Å². The number of hydrogen-bond acceptors (Lipinski definition) is 3. The quantitative estimate of drug-likeness (QED) is 0.879. The van der Waals surface area contributed by atoms with Crippen LogP contribution in [0.5, 0.6) is 11.5 Å². The summed E-state index contributed by atoms with van der Waals surface area (Å²) >= 11 is 0. The van der Waals surface area contributed by atoms with Crippen LogP contribution in [0.3, 0.4) is 0 Å². The Hall–Kier alpha value is -2.00. The third-order valence-corrected chi connectivity index (χ3v) is 2.67. The van der Waals surface area contributed by atoms with Crippen molar-refractivity contribution < 1.29 is 14.6 Å². The highest BCUT2D eigenvalue weighted by molar-refractivity contribution is 5.46. The van der Waals surface area contributed by atoms with Gasteiger partial charge in [0, 0.05) is 5.56 Å². The molecule has 0 saturated carbocycles. The van der Waals surface area contributed by atoms with Crippen molar-refractivity contribution in [3.63, 3.8) is 0 Å². The molecule has 0 amide bonds. The maximum atomic E-state index is 9.22. The number of aliphatic hydroxyl groups excluding tert-OH is 1. The molecule has 0 aliphatic carbocycles. The molecule has 94 valence electrons. The second-order valence-electron chi connectivity index (χ2n) is 3.88. The third-order valence-electron chi connectivity index (χ3n) is 2.67. The van der Waals surface area contributed by atoms with E-state index < -0.39 is 0 Å². The van der Waals surface area contributed by atoms with E-state index in [1.165, 1.54) is 0 Å². The van der Waals surface area contributed by atoms with Crippen LogP contribution in [0, 0.1) is 0 Å². The van der Waals surface area contributed by atoms with Crippen molar-refractivity contribution >= 4 is 0 Å². The summed E-state index contributed by atoms with van der Waals surface area (Å²) in [5.41, 5.74) is 1.82. The summed E-state index contributed by atoms with van der Waals surface area (Å²) in [7, 11) is 1.57. The molecule has 0 unspecified atom stereocenters. The van der Waals surface area contributed by atoms with E-state index >= 15 is 0 Å². The van der Waals surface area contributed by atoms with Crippen LogP contribution in [0.15, 0.2) is 48.5 Å². The second-order valence-corrected chi connectivity index (χ2v) is 3.88. The van der Waals surface area contributed by atoms with Crippen molar-refractivity contribution in [2.24, 2.45) is 0 Å². The lowest BCUT2D eigenvalue weighted by molar-refractivity contribution is 0.259. The number of benzene rings is 2. The Morgan fingerprint density at radius 2 is 1.78 bits per heavy atom. The molecule has 2 aromatic rings. The van der Waals surface area contributed by atoms with Crippen LogP contribution in [0.1, 0.15) is 11.1 Å². The Morgan fingerprint density at radius 3 is 2.44 bits per heavy atom. The fraction of sp³-hybridized carbons (Fsp3) is 0.200. The summed E-state index contributed by atoms with van der Waals surface area (Å²) in [5, 5.41) is 9.22. The molecule has 0 bridgehead atoms. The Kier molecular flexibility index (Phi) is 4.20. The summed E-state index contributed by atoms with van der Waals surface area (Å²) in [4.78, 5) is 0. The summed E-state index contributed by atoms with van der Waals surface area (Å²) < 4.78 is 11.0. The van der Waals surface area contributed by atoms with Crippen LogP contribution in [-0.4, -0.2) is 12.2 Å². The first kappa shape index (κ1) is 12.5. The Balaban J connectivity index is 2.14. The van der Waals surface area contributed by atoms with Crippen LogP contribution in [0.2, 0.25) is 0 Å². The first-order valence-electron chi connectivity index (χ1n) is 5.78. The lowest BCUT2D eigenvalue weighted by Crippen LogP contribution is -1.99. The molecule has 0 heterocycles. The van der Waals surface area contributed by atoms with Gasteiger partial charge >= 0.3 is 0 Å². The number of para-hydroxylation sites is 1. The lowest BCUT2D eigenvalue weighted by atomic mass is 10.2. The highest BCUT2D eigenvalue weighted by atomic mass is 16.5. The molecule has 0 aliphatic rings. The van der Waals surface area contributed by atoms with Gasteiger partial charge in [-0.3, -0.25) is 0 Å². The van der Waals surface area contributed by atoms with Gasteiger partial charge in [0.2, 0.25) is 0 Å². The van der Waals surface area contributed by atoms with Crippen molar-refractivity contribution in [2.75, 3.05) is 7.11 Å². The van der Waals surface area contributed by atoms with E-state index in [4.69, 9.17) is 9.47 Å². The van der Waals surface area contributed by atoms with Gasteiger partial charge in [-0.25, -0.2) is 0 Å². The summed E-state index contributed by atoms with van der Waals surface area (Å²) in [6.07, 6.45) is 0. The first-order chi connectivity index (χ1) is 8.85. The largest absolute Gasteiger partial charge is 0.492 e.